The van der Waals surface area contributed by atoms with E-state index in [9.17, 15) is 22.8 Å². The van der Waals surface area contributed by atoms with E-state index in [2.05, 4.69) is 5.32 Å². The van der Waals surface area contributed by atoms with Crippen LogP contribution < -0.4 is 10.7 Å². The van der Waals surface area contributed by atoms with Gasteiger partial charge in [-0.25, -0.2) is 0 Å². The smallest absolute Gasteiger partial charge is 0.416 e. The lowest BCUT2D eigenvalue weighted by Crippen LogP contribution is -2.15. The minimum absolute atomic E-state index is 0.0707. The molecule has 128 valence electrons. The van der Waals surface area contributed by atoms with Gasteiger partial charge < -0.3 is 9.73 Å². The minimum atomic E-state index is -4.53. The number of anilines is 1. The van der Waals surface area contributed by atoms with Crippen molar-refractivity contribution < 1.29 is 22.4 Å². The summed E-state index contributed by atoms with van der Waals surface area (Å²) in [5, 5.41) is 2.81. The molecule has 4 nitrogen and oxygen atoms in total. The number of alkyl halides is 3. The zero-order valence-corrected chi connectivity index (χ0v) is 13.1. The molecule has 3 aromatic rings. The SMILES string of the molecule is O=C(Nc1cccc(C(F)(F)F)c1)c1cc(=O)c2cc(Cl)ccc2o1. The highest BCUT2D eigenvalue weighted by molar-refractivity contribution is 6.31. The maximum atomic E-state index is 12.7. The van der Waals surface area contributed by atoms with Gasteiger partial charge in [0, 0.05) is 16.8 Å². The van der Waals surface area contributed by atoms with E-state index in [-0.39, 0.29) is 22.4 Å². The van der Waals surface area contributed by atoms with Gasteiger partial charge in [0.1, 0.15) is 5.58 Å². The van der Waals surface area contributed by atoms with Crippen molar-refractivity contribution in [1.29, 1.82) is 0 Å². The summed E-state index contributed by atoms with van der Waals surface area (Å²) in [6.45, 7) is 0. The van der Waals surface area contributed by atoms with Crippen LogP contribution in [0.2, 0.25) is 5.02 Å². The van der Waals surface area contributed by atoms with Gasteiger partial charge in [-0.2, -0.15) is 13.2 Å². The Morgan fingerprint density at radius 1 is 1.08 bits per heavy atom. The molecule has 25 heavy (non-hydrogen) atoms. The second-order valence-electron chi connectivity index (χ2n) is 5.15. The highest BCUT2D eigenvalue weighted by Crippen LogP contribution is 2.30. The molecule has 8 heteroatoms. The van der Waals surface area contributed by atoms with Gasteiger partial charge in [-0.05, 0) is 36.4 Å². The van der Waals surface area contributed by atoms with Crippen LogP contribution in [0.25, 0.3) is 11.0 Å². The third-order valence-electron chi connectivity index (χ3n) is 3.36. The standard InChI is InChI=1S/C17H9ClF3NO3/c18-10-4-5-14-12(7-10)13(23)8-15(25-14)16(24)22-11-3-1-2-9(6-11)17(19,20)21/h1-8H,(H,22,24). The van der Waals surface area contributed by atoms with Crippen molar-refractivity contribution in [1.82, 2.24) is 0 Å². The molecule has 2 aromatic carbocycles. The van der Waals surface area contributed by atoms with Gasteiger partial charge in [-0.1, -0.05) is 17.7 Å². The average molecular weight is 368 g/mol. The maximum Gasteiger partial charge on any atom is 0.416 e. The van der Waals surface area contributed by atoms with Gasteiger partial charge in [0.2, 0.25) is 0 Å². The number of fused-ring (bicyclic) bond motifs is 1. The molecular formula is C17H9ClF3NO3. The fourth-order valence-electron chi connectivity index (χ4n) is 2.21. The molecular weight excluding hydrogens is 359 g/mol. The fourth-order valence-corrected chi connectivity index (χ4v) is 2.38. The van der Waals surface area contributed by atoms with Crippen molar-refractivity contribution in [3.05, 3.63) is 75.1 Å². The number of carbonyl (C=O) groups is 1. The molecule has 1 aromatic heterocycles. The first kappa shape index (κ1) is 17.0. The molecule has 0 spiro atoms. The molecule has 0 aliphatic heterocycles. The van der Waals surface area contributed by atoms with Crippen molar-refractivity contribution in [3.63, 3.8) is 0 Å². The molecule has 0 aliphatic carbocycles. The van der Waals surface area contributed by atoms with Crippen LogP contribution in [0, 0.1) is 0 Å². The number of benzene rings is 2. The molecule has 1 amide bonds. The van der Waals surface area contributed by atoms with E-state index >= 15 is 0 Å². The Balaban J connectivity index is 1.93. The number of nitrogens with one attached hydrogen (secondary N) is 1. The molecule has 0 saturated carbocycles. The van der Waals surface area contributed by atoms with E-state index < -0.39 is 23.1 Å². The van der Waals surface area contributed by atoms with Crippen LogP contribution in [0.1, 0.15) is 16.1 Å². The summed E-state index contributed by atoms with van der Waals surface area (Å²) >= 11 is 5.80. The van der Waals surface area contributed by atoms with Crippen LogP contribution in [0.5, 0.6) is 0 Å². The van der Waals surface area contributed by atoms with E-state index in [1.165, 1.54) is 24.3 Å². The van der Waals surface area contributed by atoms with Gasteiger partial charge in [0.15, 0.2) is 11.2 Å². The van der Waals surface area contributed by atoms with Crippen molar-refractivity contribution in [2.24, 2.45) is 0 Å². The summed E-state index contributed by atoms with van der Waals surface area (Å²) in [6.07, 6.45) is -4.53. The lowest BCUT2D eigenvalue weighted by molar-refractivity contribution is -0.137. The minimum Gasteiger partial charge on any atom is -0.451 e. The predicted molar refractivity (Wildman–Crippen MR) is 86.9 cm³/mol. The Morgan fingerprint density at radius 2 is 1.84 bits per heavy atom. The first-order valence-corrected chi connectivity index (χ1v) is 7.34. The van der Waals surface area contributed by atoms with Crippen LogP contribution in [0.3, 0.4) is 0 Å². The summed E-state index contributed by atoms with van der Waals surface area (Å²) in [7, 11) is 0. The van der Waals surface area contributed by atoms with E-state index in [0.29, 0.717) is 5.02 Å². The molecule has 1 N–H and O–H groups in total. The topological polar surface area (TPSA) is 59.3 Å². The van der Waals surface area contributed by atoms with Crippen molar-refractivity contribution in [3.8, 4) is 0 Å². The molecule has 0 bridgehead atoms. The summed E-state index contributed by atoms with van der Waals surface area (Å²) in [6, 6.07) is 9.41. The molecule has 1 heterocycles. The third-order valence-corrected chi connectivity index (χ3v) is 3.60. The molecule has 3 rings (SSSR count). The summed E-state index contributed by atoms with van der Waals surface area (Å²) < 4.78 is 43.5. The van der Waals surface area contributed by atoms with Crippen LogP contribution in [0.4, 0.5) is 18.9 Å². The number of carbonyl (C=O) groups excluding carboxylic acids is 1. The van der Waals surface area contributed by atoms with Crippen molar-refractivity contribution >= 4 is 34.2 Å². The van der Waals surface area contributed by atoms with Gasteiger partial charge in [-0.3, -0.25) is 9.59 Å². The number of hydrogen-bond donors (Lipinski definition) is 1. The molecule has 0 unspecified atom stereocenters. The second-order valence-corrected chi connectivity index (χ2v) is 5.58. The van der Waals surface area contributed by atoms with Crippen LogP contribution in [-0.2, 0) is 6.18 Å². The zero-order chi connectivity index (χ0) is 18.2. The largest absolute Gasteiger partial charge is 0.451 e. The summed E-state index contributed by atoms with van der Waals surface area (Å²) in [5.74, 6) is -1.16. The second kappa shape index (κ2) is 6.25. The molecule has 0 radical (unpaired) electrons. The van der Waals surface area contributed by atoms with Gasteiger partial charge >= 0.3 is 6.18 Å². The van der Waals surface area contributed by atoms with E-state index in [0.717, 1.165) is 24.3 Å². The van der Waals surface area contributed by atoms with E-state index in [1.54, 1.807) is 0 Å². The van der Waals surface area contributed by atoms with Crippen molar-refractivity contribution in [2.75, 3.05) is 5.32 Å². The van der Waals surface area contributed by atoms with Gasteiger partial charge in [0.05, 0.1) is 10.9 Å². The zero-order valence-electron chi connectivity index (χ0n) is 12.4. The number of hydrogen-bond acceptors (Lipinski definition) is 3. The Kier molecular flexibility index (Phi) is 4.26. The normalized spacial score (nSPS) is 11.5. The predicted octanol–water partition coefficient (Wildman–Crippen LogP) is 4.72. The van der Waals surface area contributed by atoms with Crippen molar-refractivity contribution in [2.45, 2.75) is 6.18 Å². The first-order valence-electron chi connectivity index (χ1n) is 6.96. The average Bonchev–Trinajstić information content (AvgIpc) is 2.55. The molecule has 0 aliphatic rings. The highest BCUT2D eigenvalue weighted by Gasteiger charge is 2.30. The Morgan fingerprint density at radius 3 is 2.56 bits per heavy atom. The highest BCUT2D eigenvalue weighted by atomic mass is 35.5. The quantitative estimate of drug-likeness (QED) is 0.713. The Hall–Kier alpha value is -2.80. The molecule has 0 atom stereocenters. The summed E-state index contributed by atoms with van der Waals surface area (Å²) in [4.78, 5) is 24.2. The third kappa shape index (κ3) is 3.66. The van der Waals surface area contributed by atoms with E-state index in [4.69, 9.17) is 16.0 Å². The van der Waals surface area contributed by atoms with Crippen LogP contribution in [-0.4, -0.2) is 5.91 Å². The first-order chi connectivity index (χ1) is 11.7. The van der Waals surface area contributed by atoms with E-state index in [1.807, 2.05) is 0 Å². The number of amides is 1. The summed E-state index contributed by atoms with van der Waals surface area (Å²) in [5.41, 5.74) is -1.32. The lowest BCUT2D eigenvalue weighted by atomic mass is 10.2. The van der Waals surface area contributed by atoms with Gasteiger partial charge in [0.25, 0.3) is 5.91 Å². The van der Waals surface area contributed by atoms with Crippen LogP contribution in [0.15, 0.2) is 57.7 Å². The number of rotatable bonds is 2. The van der Waals surface area contributed by atoms with Crippen LogP contribution >= 0.6 is 11.6 Å². The maximum absolute atomic E-state index is 12.7. The lowest BCUT2D eigenvalue weighted by Gasteiger charge is -2.09. The fraction of sp³-hybridized carbons (Fsp3) is 0.0588. The molecule has 0 saturated heterocycles. The monoisotopic (exact) mass is 367 g/mol. The molecule has 0 fully saturated rings. The Bertz CT molecular complexity index is 1030. The van der Waals surface area contributed by atoms with Gasteiger partial charge in [-0.15, -0.1) is 0 Å². The number of halogens is 4. The Labute approximate surface area is 143 Å².